The second-order valence-corrected chi connectivity index (χ2v) is 1.74. The Balaban J connectivity index is 3.54. The topological polar surface area (TPSA) is 66.8 Å². The third-order valence-corrected chi connectivity index (χ3v) is 1.12. The molecule has 0 spiro atoms. The average Bonchev–Trinajstić information content (AvgIpc) is 1.82. The number of hydrogen-bond donors (Lipinski definition) is 2. The van der Waals surface area contributed by atoms with Gasteiger partial charge in [-0.15, -0.1) is 0 Å². The van der Waals surface area contributed by atoms with E-state index in [0.717, 1.165) is 0 Å². The van der Waals surface area contributed by atoms with Crippen molar-refractivity contribution in [1.29, 1.82) is 0 Å². The fraction of sp³-hybridized carbons (Fsp3) is 0.800. The molecule has 1 unspecified atom stereocenters. The van der Waals surface area contributed by atoms with Gasteiger partial charge in [-0.1, -0.05) is 6.92 Å². The van der Waals surface area contributed by atoms with E-state index >= 15 is 0 Å². The van der Waals surface area contributed by atoms with Crippen LogP contribution in [0.5, 0.6) is 0 Å². The lowest BCUT2D eigenvalue weighted by Gasteiger charge is -2.04. The Hall–Kier alpha value is -0.610. The van der Waals surface area contributed by atoms with Crippen LogP contribution >= 0.6 is 0 Å². The van der Waals surface area contributed by atoms with Crippen molar-refractivity contribution in [3.05, 3.63) is 0 Å². The average molecular weight is 134 g/mol. The maximum absolute atomic E-state index is 10.1. The zero-order valence-corrected chi connectivity index (χ0v) is 5.20. The van der Waals surface area contributed by atoms with Gasteiger partial charge >= 0.3 is 5.97 Å². The Morgan fingerprint density at radius 2 is 2.33 bits per heavy atom. The van der Waals surface area contributed by atoms with E-state index < -0.39 is 11.9 Å². The van der Waals surface area contributed by atoms with Gasteiger partial charge in [0.25, 0.3) is 0 Å². The lowest BCUT2D eigenvalue weighted by atomic mass is 10.1. The molecule has 0 aliphatic carbocycles. The number of aliphatic carboxylic acids is 1. The fourth-order valence-electron chi connectivity index (χ4n) is 0.454. The molecular formula is C5H10O4. The maximum atomic E-state index is 10.1. The van der Waals surface area contributed by atoms with Crippen LogP contribution in [0.4, 0.5) is 0 Å². The van der Waals surface area contributed by atoms with Gasteiger partial charge in [-0.3, -0.25) is 10.1 Å². The number of rotatable bonds is 4. The molecule has 2 N–H and O–H groups in total. The third-order valence-electron chi connectivity index (χ3n) is 1.12. The number of hydrogen-bond acceptors (Lipinski definition) is 3. The van der Waals surface area contributed by atoms with Crippen LogP contribution in [0.15, 0.2) is 0 Å². The molecule has 54 valence electrons. The van der Waals surface area contributed by atoms with Gasteiger partial charge in [0, 0.05) is 0 Å². The Kier molecular flexibility index (Phi) is 4.00. The molecule has 0 amide bonds. The molecule has 0 aromatic heterocycles. The van der Waals surface area contributed by atoms with Crippen molar-refractivity contribution in [1.82, 2.24) is 0 Å². The summed E-state index contributed by atoms with van der Waals surface area (Å²) in [5.41, 5.74) is 0. The minimum Gasteiger partial charge on any atom is -0.481 e. The predicted octanol–water partition coefficient (Wildman–Crippen LogP) is 0.587. The number of carbonyl (C=O) groups is 1. The molecule has 0 aliphatic rings. The van der Waals surface area contributed by atoms with Crippen LogP contribution in [0.1, 0.15) is 13.3 Å². The molecule has 0 saturated carbocycles. The van der Waals surface area contributed by atoms with Crippen LogP contribution in [0.25, 0.3) is 0 Å². The zero-order chi connectivity index (χ0) is 7.28. The standard InChI is InChI=1S/C5H10O4/c1-2-4(3-9-8)5(6)7/h4,8H,2-3H2,1H3,(H,6,7). The molecule has 1 atom stereocenters. The van der Waals surface area contributed by atoms with Crippen LogP contribution in [-0.4, -0.2) is 22.9 Å². The lowest BCUT2D eigenvalue weighted by molar-refractivity contribution is -0.251. The van der Waals surface area contributed by atoms with E-state index in [0.29, 0.717) is 6.42 Å². The molecular weight excluding hydrogens is 124 g/mol. The van der Waals surface area contributed by atoms with Gasteiger partial charge in [0.2, 0.25) is 0 Å². The second kappa shape index (κ2) is 4.29. The lowest BCUT2D eigenvalue weighted by Crippen LogP contribution is -2.17. The fourth-order valence-corrected chi connectivity index (χ4v) is 0.454. The van der Waals surface area contributed by atoms with Crippen molar-refractivity contribution in [3.63, 3.8) is 0 Å². The Bertz CT molecular complexity index is 91.0. The highest BCUT2D eigenvalue weighted by Crippen LogP contribution is 2.01. The molecule has 0 fully saturated rings. The van der Waals surface area contributed by atoms with E-state index in [1.807, 2.05) is 0 Å². The number of carboxylic acids is 1. The first-order valence-electron chi connectivity index (χ1n) is 2.71. The van der Waals surface area contributed by atoms with E-state index in [2.05, 4.69) is 4.89 Å². The van der Waals surface area contributed by atoms with Crippen LogP contribution in [0, 0.1) is 5.92 Å². The summed E-state index contributed by atoms with van der Waals surface area (Å²) in [6.07, 6.45) is 0.468. The second-order valence-electron chi connectivity index (χ2n) is 1.74. The maximum Gasteiger partial charge on any atom is 0.308 e. The van der Waals surface area contributed by atoms with Crippen molar-refractivity contribution in [2.45, 2.75) is 13.3 Å². The Morgan fingerprint density at radius 1 is 1.78 bits per heavy atom. The molecule has 0 rings (SSSR count). The molecule has 9 heavy (non-hydrogen) atoms. The summed E-state index contributed by atoms with van der Waals surface area (Å²) < 4.78 is 0. The van der Waals surface area contributed by atoms with Crippen molar-refractivity contribution in [2.24, 2.45) is 5.92 Å². The van der Waals surface area contributed by atoms with Crippen molar-refractivity contribution in [3.8, 4) is 0 Å². The highest BCUT2D eigenvalue weighted by molar-refractivity contribution is 5.69. The van der Waals surface area contributed by atoms with Gasteiger partial charge in [0.05, 0.1) is 12.5 Å². The molecule has 0 saturated heterocycles. The SMILES string of the molecule is CCC(COO)C(=O)O. The van der Waals surface area contributed by atoms with Crippen molar-refractivity contribution < 1.29 is 20.0 Å². The minimum atomic E-state index is -0.938. The van der Waals surface area contributed by atoms with Crippen LogP contribution in [0.3, 0.4) is 0 Å². The summed E-state index contributed by atoms with van der Waals surface area (Å²) in [6, 6.07) is 0. The molecule has 0 bridgehead atoms. The summed E-state index contributed by atoms with van der Waals surface area (Å²) in [5.74, 6) is -1.53. The summed E-state index contributed by atoms with van der Waals surface area (Å²) >= 11 is 0. The molecule has 4 nitrogen and oxygen atoms in total. The predicted molar refractivity (Wildman–Crippen MR) is 30.0 cm³/mol. The Labute approximate surface area is 53.0 Å². The minimum absolute atomic E-state index is 0.133. The normalized spacial score (nSPS) is 13.1. The highest BCUT2D eigenvalue weighted by Gasteiger charge is 2.14. The first-order valence-corrected chi connectivity index (χ1v) is 2.71. The van der Waals surface area contributed by atoms with Gasteiger partial charge in [-0.05, 0) is 6.42 Å². The summed E-state index contributed by atoms with van der Waals surface area (Å²) in [6.45, 7) is 1.59. The van der Waals surface area contributed by atoms with Crippen LogP contribution < -0.4 is 0 Å². The van der Waals surface area contributed by atoms with Gasteiger partial charge in [0.1, 0.15) is 0 Å². The third kappa shape index (κ3) is 3.05. The first-order chi connectivity index (χ1) is 4.22. The van der Waals surface area contributed by atoms with E-state index in [1.54, 1.807) is 6.92 Å². The van der Waals surface area contributed by atoms with Crippen LogP contribution in [-0.2, 0) is 9.68 Å². The number of carboxylic acid groups (broad SMARTS) is 1. The Morgan fingerprint density at radius 3 is 2.44 bits per heavy atom. The summed E-state index contributed by atoms with van der Waals surface area (Å²) in [5, 5.41) is 16.2. The van der Waals surface area contributed by atoms with Crippen molar-refractivity contribution >= 4 is 5.97 Å². The van der Waals surface area contributed by atoms with Gasteiger partial charge in [-0.25, -0.2) is 4.89 Å². The summed E-state index contributed by atoms with van der Waals surface area (Å²) in [4.78, 5) is 13.8. The molecule has 0 radical (unpaired) electrons. The van der Waals surface area contributed by atoms with E-state index in [-0.39, 0.29) is 6.61 Å². The first kappa shape index (κ1) is 8.39. The largest absolute Gasteiger partial charge is 0.481 e. The highest BCUT2D eigenvalue weighted by atomic mass is 17.1. The zero-order valence-electron chi connectivity index (χ0n) is 5.20. The molecule has 0 aromatic rings. The molecule has 4 heteroatoms. The molecule has 0 aromatic carbocycles. The monoisotopic (exact) mass is 134 g/mol. The van der Waals surface area contributed by atoms with E-state index in [1.165, 1.54) is 0 Å². The smallest absolute Gasteiger partial charge is 0.308 e. The van der Waals surface area contributed by atoms with Gasteiger partial charge in [-0.2, -0.15) is 0 Å². The molecule has 0 aliphatic heterocycles. The molecule has 0 heterocycles. The van der Waals surface area contributed by atoms with E-state index in [4.69, 9.17) is 10.4 Å². The van der Waals surface area contributed by atoms with Gasteiger partial charge < -0.3 is 5.11 Å². The van der Waals surface area contributed by atoms with Crippen molar-refractivity contribution in [2.75, 3.05) is 6.61 Å². The van der Waals surface area contributed by atoms with Gasteiger partial charge in [0.15, 0.2) is 0 Å². The van der Waals surface area contributed by atoms with Crippen LogP contribution in [0.2, 0.25) is 0 Å². The quantitative estimate of drug-likeness (QED) is 0.436. The van der Waals surface area contributed by atoms with E-state index in [9.17, 15) is 4.79 Å². The summed E-state index contributed by atoms with van der Waals surface area (Å²) in [7, 11) is 0.